The van der Waals surface area contributed by atoms with Crippen molar-refractivity contribution in [1.29, 1.82) is 0 Å². The Hall–Kier alpha value is -0.570. The normalized spacial score (nSPS) is 12.8. The summed E-state index contributed by atoms with van der Waals surface area (Å²) in [6.45, 7) is 4.57. The first-order valence-corrected chi connectivity index (χ1v) is 8.45. The van der Waals surface area contributed by atoms with Gasteiger partial charge in [0.05, 0.1) is 0 Å². The maximum absolute atomic E-state index is 10.4. The summed E-state index contributed by atoms with van der Waals surface area (Å²) in [6.07, 6.45) is 13.0. The molecule has 0 aliphatic rings. The Kier molecular flexibility index (Phi) is 13.0. The highest BCUT2D eigenvalue weighted by Crippen LogP contribution is 2.14. The third-order valence-electron chi connectivity index (χ3n) is 3.79. The van der Waals surface area contributed by atoms with Gasteiger partial charge in [-0.3, -0.25) is 0 Å². The summed E-state index contributed by atoms with van der Waals surface area (Å²) < 4.78 is 0. The molecule has 0 saturated carbocycles. The molecule has 3 nitrogen and oxygen atoms in total. The molecule has 0 saturated heterocycles. The molecule has 0 aromatic rings. The SMILES string of the molecule is CC(C)CCCCCCCCCCCCC(O)C(=O)O. The van der Waals surface area contributed by atoms with Crippen molar-refractivity contribution >= 4 is 5.97 Å². The number of aliphatic carboxylic acids is 1. The molecular formula is C17H34O3. The highest BCUT2D eigenvalue weighted by molar-refractivity contribution is 5.71. The van der Waals surface area contributed by atoms with E-state index >= 15 is 0 Å². The first-order chi connectivity index (χ1) is 9.54. The average molecular weight is 286 g/mol. The topological polar surface area (TPSA) is 57.5 Å². The fourth-order valence-corrected chi connectivity index (χ4v) is 2.43. The lowest BCUT2D eigenvalue weighted by Gasteiger charge is -2.05. The minimum Gasteiger partial charge on any atom is -0.479 e. The van der Waals surface area contributed by atoms with E-state index in [4.69, 9.17) is 10.2 Å². The van der Waals surface area contributed by atoms with Crippen LogP contribution < -0.4 is 0 Å². The molecule has 0 heterocycles. The van der Waals surface area contributed by atoms with Gasteiger partial charge in [0, 0.05) is 0 Å². The number of hydrogen-bond acceptors (Lipinski definition) is 2. The first kappa shape index (κ1) is 19.4. The van der Waals surface area contributed by atoms with Gasteiger partial charge in [-0.1, -0.05) is 84.5 Å². The molecule has 120 valence electrons. The first-order valence-electron chi connectivity index (χ1n) is 8.45. The number of carbonyl (C=O) groups is 1. The predicted octanol–water partition coefficient (Wildman–Crippen LogP) is 4.77. The van der Waals surface area contributed by atoms with Crippen LogP contribution in [0.3, 0.4) is 0 Å². The van der Waals surface area contributed by atoms with Gasteiger partial charge in [-0.2, -0.15) is 0 Å². The summed E-state index contributed by atoms with van der Waals surface area (Å²) >= 11 is 0. The molecule has 1 atom stereocenters. The minimum atomic E-state index is -1.17. The second-order valence-corrected chi connectivity index (χ2v) is 6.36. The van der Waals surface area contributed by atoms with E-state index in [-0.39, 0.29) is 0 Å². The molecular weight excluding hydrogens is 252 g/mol. The van der Waals surface area contributed by atoms with Gasteiger partial charge in [-0.05, 0) is 12.3 Å². The van der Waals surface area contributed by atoms with E-state index in [9.17, 15) is 4.79 Å². The van der Waals surface area contributed by atoms with Crippen molar-refractivity contribution < 1.29 is 15.0 Å². The zero-order valence-electron chi connectivity index (χ0n) is 13.4. The summed E-state index contributed by atoms with van der Waals surface area (Å²) in [6, 6.07) is 0. The van der Waals surface area contributed by atoms with E-state index in [0.29, 0.717) is 6.42 Å². The molecule has 0 aliphatic heterocycles. The lowest BCUT2D eigenvalue weighted by atomic mass is 10.0. The van der Waals surface area contributed by atoms with Crippen molar-refractivity contribution in [2.45, 2.75) is 97.0 Å². The van der Waals surface area contributed by atoms with Crippen molar-refractivity contribution in [2.75, 3.05) is 0 Å². The second-order valence-electron chi connectivity index (χ2n) is 6.36. The van der Waals surface area contributed by atoms with Crippen LogP contribution in [-0.2, 0) is 4.79 Å². The van der Waals surface area contributed by atoms with Crippen molar-refractivity contribution in [1.82, 2.24) is 0 Å². The monoisotopic (exact) mass is 286 g/mol. The Morgan fingerprint density at radius 3 is 1.45 bits per heavy atom. The number of hydrogen-bond donors (Lipinski definition) is 2. The number of carboxylic acids is 1. The smallest absolute Gasteiger partial charge is 0.332 e. The quantitative estimate of drug-likeness (QED) is 0.452. The van der Waals surface area contributed by atoms with Crippen LogP contribution in [0, 0.1) is 5.92 Å². The molecule has 0 spiro atoms. The Labute approximate surface area is 124 Å². The summed E-state index contributed by atoms with van der Waals surface area (Å²) in [5.41, 5.74) is 0. The van der Waals surface area contributed by atoms with Gasteiger partial charge in [0.2, 0.25) is 0 Å². The zero-order chi connectivity index (χ0) is 15.2. The van der Waals surface area contributed by atoms with Crippen molar-refractivity contribution in [3.05, 3.63) is 0 Å². The van der Waals surface area contributed by atoms with Crippen molar-refractivity contribution in [3.63, 3.8) is 0 Å². The number of unbranched alkanes of at least 4 members (excludes halogenated alkanes) is 9. The molecule has 0 aromatic heterocycles. The molecule has 0 rings (SSSR count). The summed E-state index contributed by atoms with van der Waals surface area (Å²) in [7, 11) is 0. The largest absolute Gasteiger partial charge is 0.479 e. The van der Waals surface area contributed by atoms with Crippen LogP contribution in [0.5, 0.6) is 0 Å². The van der Waals surface area contributed by atoms with Crippen LogP contribution >= 0.6 is 0 Å². The van der Waals surface area contributed by atoms with E-state index in [1.165, 1.54) is 57.8 Å². The lowest BCUT2D eigenvalue weighted by molar-refractivity contribution is -0.146. The van der Waals surface area contributed by atoms with Gasteiger partial charge in [0.1, 0.15) is 0 Å². The Bertz CT molecular complexity index is 226. The predicted molar refractivity (Wildman–Crippen MR) is 83.9 cm³/mol. The number of carboxylic acid groups (broad SMARTS) is 1. The zero-order valence-corrected chi connectivity index (χ0v) is 13.4. The van der Waals surface area contributed by atoms with E-state index in [1.807, 2.05) is 0 Å². The molecule has 0 amide bonds. The second kappa shape index (κ2) is 13.4. The van der Waals surface area contributed by atoms with Gasteiger partial charge in [0.25, 0.3) is 0 Å². The van der Waals surface area contributed by atoms with E-state index in [0.717, 1.165) is 18.8 Å². The molecule has 0 aliphatic carbocycles. The van der Waals surface area contributed by atoms with Crippen molar-refractivity contribution in [3.8, 4) is 0 Å². The minimum absolute atomic E-state index is 0.394. The van der Waals surface area contributed by atoms with Gasteiger partial charge in [0.15, 0.2) is 6.10 Å². The maximum atomic E-state index is 10.4. The third kappa shape index (κ3) is 13.9. The van der Waals surface area contributed by atoms with E-state index < -0.39 is 12.1 Å². The lowest BCUT2D eigenvalue weighted by Crippen LogP contribution is -2.18. The van der Waals surface area contributed by atoms with Gasteiger partial charge in [-0.25, -0.2) is 4.79 Å². The van der Waals surface area contributed by atoms with Crippen molar-refractivity contribution in [2.24, 2.45) is 5.92 Å². The molecule has 3 heteroatoms. The Morgan fingerprint density at radius 1 is 0.750 bits per heavy atom. The molecule has 20 heavy (non-hydrogen) atoms. The number of rotatable bonds is 14. The van der Waals surface area contributed by atoms with Gasteiger partial charge in [-0.15, -0.1) is 0 Å². The Balaban J connectivity index is 3.08. The van der Waals surface area contributed by atoms with Crippen LogP contribution in [0.25, 0.3) is 0 Å². The molecule has 0 aromatic carbocycles. The fourth-order valence-electron chi connectivity index (χ4n) is 2.43. The van der Waals surface area contributed by atoms with Crippen LogP contribution in [0.4, 0.5) is 0 Å². The molecule has 0 bridgehead atoms. The Morgan fingerprint density at radius 2 is 1.10 bits per heavy atom. The maximum Gasteiger partial charge on any atom is 0.332 e. The summed E-state index contributed by atoms with van der Waals surface area (Å²) in [5.74, 6) is -0.253. The summed E-state index contributed by atoms with van der Waals surface area (Å²) in [5, 5.41) is 17.6. The van der Waals surface area contributed by atoms with E-state index in [1.54, 1.807) is 0 Å². The highest BCUT2D eigenvalue weighted by Gasteiger charge is 2.11. The van der Waals surface area contributed by atoms with Gasteiger partial charge >= 0.3 is 5.97 Å². The number of aliphatic hydroxyl groups is 1. The fraction of sp³-hybridized carbons (Fsp3) is 0.941. The van der Waals surface area contributed by atoms with Crippen LogP contribution in [0.1, 0.15) is 90.9 Å². The summed E-state index contributed by atoms with van der Waals surface area (Å²) in [4.78, 5) is 10.4. The average Bonchev–Trinajstić information content (AvgIpc) is 2.39. The van der Waals surface area contributed by atoms with Crippen LogP contribution in [0.15, 0.2) is 0 Å². The standard InChI is InChI=1S/C17H34O3/c1-15(2)13-11-9-7-5-3-4-6-8-10-12-14-16(18)17(19)20/h15-16,18H,3-14H2,1-2H3,(H,19,20). The third-order valence-corrected chi connectivity index (χ3v) is 3.79. The number of aliphatic hydroxyl groups excluding tert-OH is 1. The van der Waals surface area contributed by atoms with Crippen LogP contribution in [0.2, 0.25) is 0 Å². The van der Waals surface area contributed by atoms with Crippen LogP contribution in [-0.4, -0.2) is 22.3 Å². The molecule has 1 unspecified atom stereocenters. The molecule has 0 radical (unpaired) electrons. The molecule has 2 N–H and O–H groups in total. The highest BCUT2D eigenvalue weighted by atomic mass is 16.4. The van der Waals surface area contributed by atoms with Gasteiger partial charge < -0.3 is 10.2 Å². The molecule has 0 fully saturated rings. The van der Waals surface area contributed by atoms with E-state index in [2.05, 4.69) is 13.8 Å².